The molecule has 0 aliphatic heterocycles. The number of aromatic nitrogens is 2. The van der Waals surface area contributed by atoms with Gasteiger partial charge < -0.3 is 5.32 Å². The van der Waals surface area contributed by atoms with Gasteiger partial charge >= 0.3 is 0 Å². The summed E-state index contributed by atoms with van der Waals surface area (Å²) in [6, 6.07) is 2.00. The van der Waals surface area contributed by atoms with Crippen LogP contribution in [0.4, 0.5) is 5.82 Å². The Morgan fingerprint density at radius 2 is 2.08 bits per heavy atom. The lowest BCUT2D eigenvalue weighted by molar-refractivity contribution is 0.788. The summed E-state index contributed by atoms with van der Waals surface area (Å²) >= 11 is 0. The van der Waals surface area contributed by atoms with Crippen LogP contribution in [0.2, 0.25) is 0 Å². The number of aryl methyl sites for hydroxylation is 1. The number of nitrogens with zero attached hydrogens (tertiary/aromatic N) is 2. The Morgan fingerprint density at radius 1 is 1.38 bits per heavy atom. The Labute approximate surface area is 79.6 Å². The van der Waals surface area contributed by atoms with E-state index in [-0.39, 0.29) is 0 Å². The predicted molar refractivity (Wildman–Crippen MR) is 55.0 cm³/mol. The van der Waals surface area contributed by atoms with Crippen LogP contribution in [0.1, 0.15) is 38.2 Å². The van der Waals surface area contributed by atoms with Crippen LogP contribution >= 0.6 is 0 Å². The van der Waals surface area contributed by atoms with Crippen molar-refractivity contribution in [2.75, 3.05) is 12.4 Å². The van der Waals surface area contributed by atoms with E-state index in [2.05, 4.69) is 36.1 Å². The van der Waals surface area contributed by atoms with Crippen LogP contribution in [0.25, 0.3) is 0 Å². The fraction of sp³-hybridized carbons (Fsp3) is 0.600. The average Bonchev–Trinajstić information content (AvgIpc) is 2.16. The highest BCUT2D eigenvalue weighted by molar-refractivity contribution is 5.36. The van der Waals surface area contributed by atoms with Crippen LogP contribution in [0.15, 0.2) is 6.07 Å². The van der Waals surface area contributed by atoms with Gasteiger partial charge in [0.1, 0.15) is 11.6 Å². The molecule has 0 radical (unpaired) electrons. The van der Waals surface area contributed by atoms with Crippen molar-refractivity contribution in [3.05, 3.63) is 17.6 Å². The standard InChI is InChI=1S/C10H17N3/c1-5-9-12-8(7(2)3)6-10(11-4)13-9/h6-7H,5H2,1-4H3,(H,11,12,13). The third-order valence-corrected chi connectivity index (χ3v) is 1.96. The maximum atomic E-state index is 4.45. The molecule has 0 aliphatic carbocycles. The van der Waals surface area contributed by atoms with Crippen molar-refractivity contribution in [1.82, 2.24) is 9.97 Å². The van der Waals surface area contributed by atoms with Gasteiger partial charge in [0.15, 0.2) is 0 Å². The Balaban J connectivity index is 3.07. The Bertz CT molecular complexity index is 259. The highest BCUT2D eigenvalue weighted by Crippen LogP contribution is 2.15. The number of rotatable bonds is 3. The van der Waals surface area contributed by atoms with Crippen molar-refractivity contribution in [2.45, 2.75) is 33.1 Å². The van der Waals surface area contributed by atoms with E-state index >= 15 is 0 Å². The lowest BCUT2D eigenvalue weighted by atomic mass is 10.1. The smallest absolute Gasteiger partial charge is 0.130 e. The van der Waals surface area contributed by atoms with Gasteiger partial charge in [-0.05, 0) is 5.92 Å². The molecule has 0 aliphatic rings. The Hall–Kier alpha value is -1.12. The normalized spacial score (nSPS) is 10.5. The summed E-state index contributed by atoms with van der Waals surface area (Å²) in [7, 11) is 1.88. The van der Waals surface area contributed by atoms with E-state index in [9.17, 15) is 0 Å². The quantitative estimate of drug-likeness (QED) is 0.773. The van der Waals surface area contributed by atoms with Gasteiger partial charge in [-0.3, -0.25) is 0 Å². The van der Waals surface area contributed by atoms with Crippen molar-refractivity contribution in [2.24, 2.45) is 0 Å². The molecule has 1 rings (SSSR count). The molecule has 0 bridgehead atoms. The molecule has 3 heteroatoms. The molecule has 0 fully saturated rings. The summed E-state index contributed by atoms with van der Waals surface area (Å²) in [5.74, 6) is 2.28. The maximum Gasteiger partial charge on any atom is 0.130 e. The summed E-state index contributed by atoms with van der Waals surface area (Å²) in [4.78, 5) is 8.78. The van der Waals surface area contributed by atoms with Crippen molar-refractivity contribution in [3.63, 3.8) is 0 Å². The topological polar surface area (TPSA) is 37.8 Å². The van der Waals surface area contributed by atoms with Gasteiger partial charge in [-0.25, -0.2) is 9.97 Å². The number of hydrogen-bond donors (Lipinski definition) is 1. The molecule has 1 aromatic rings. The van der Waals surface area contributed by atoms with Crippen LogP contribution in [0, 0.1) is 0 Å². The van der Waals surface area contributed by atoms with Crippen LogP contribution in [-0.2, 0) is 6.42 Å². The molecule has 1 aromatic heterocycles. The average molecular weight is 179 g/mol. The fourth-order valence-corrected chi connectivity index (χ4v) is 1.10. The molecule has 1 N–H and O–H groups in total. The van der Waals surface area contributed by atoms with E-state index in [1.54, 1.807) is 0 Å². The minimum Gasteiger partial charge on any atom is -0.373 e. The summed E-state index contributed by atoms with van der Waals surface area (Å²) in [6.07, 6.45) is 0.884. The van der Waals surface area contributed by atoms with Gasteiger partial charge in [0.25, 0.3) is 0 Å². The lowest BCUT2D eigenvalue weighted by Crippen LogP contribution is -2.03. The van der Waals surface area contributed by atoms with Gasteiger partial charge in [0.05, 0.1) is 0 Å². The second-order valence-electron chi connectivity index (χ2n) is 3.35. The zero-order chi connectivity index (χ0) is 9.84. The largest absolute Gasteiger partial charge is 0.373 e. The third-order valence-electron chi connectivity index (χ3n) is 1.96. The molecule has 0 amide bonds. The van der Waals surface area contributed by atoms with Crippen molar-refractivity contribution in [1.29, 1.82) is 0 Å². The van der Waals surface area contributed by atoms with E-state index < -0.39 is 0 Å². The number of hydrogen-bond acceptors (Lipinski definition) is 3. The molecule has 0 spiro atoms. The first-order valence-electron chi connectivity index (χ1n) is 4.73. The second kappa shape index (κ2) is 4.21. The minimum absolute atomic E-state index is 0.459. The molecule has 0 atom stereocenters. The summed E-state index contributed by atoms with van der Waals surface area (Å²) in [5, 5.41) is 3.05. The molecular weight excluding hydrogens is 162 g/mol. The molecule has 0 aromatic carbocycles. The van der Waals surface area contributed by atoms with Gasteiger partial charge in [0.2, 0.25) is 0 Å². The van der Waals surface area contributed by atoms with E-state index in [1.165, 1.54) is 0 Å². The number of nitrogens with one attached hydrogen (secondary N) is 1. The maximum absolute atomic E-state index is 4.45. The summed E-state index contributed by atoms with van der Waals surface area (Å²) in [6.45, 7) is 6.35. The van der Waals surface area contributed by atoms with E-state index in [0.29, 0.717) is 5.92 Å². The molecule has 3 nitrogen and oxygen atoms in total. The van der Waals surface area contributed by atoms with Crippen molar-refractivity contribution >= 4 is 5.82 Å². The van der Waals surface area contributed by atoms with Gasteiger partial charge in [-0.1, -0.05) is 20.8 Å². The first-order chi connectivity index (χ1) is 6.17. The third kappa shape index (κ3) is 2.41. The highest BCUT2D eigenvalue weighted by atomic mass is 15.0. The van der Waals surface area contributed by atoms with Crippen molar-refractivity contribution in [3.8, 4) is 0 Å². The van der Waals surface area contributed by atoms with Gasteiger partial charge in [-0.15, -0.1) is 0 Å². The van der Waals surface area contributed by atoms with Crippen molar-refractivity contribution < 1.29 is 0 Å². The molecular formula is C10H17N3. The van der Waals surface area contributed by atoms with Crippen LogP contribution < -0.4 is 5.32 Å². The molecule has 0 unspecified atom stereocenters. The molecule has 72 valence electrons. The van der Waals surface area contributed by atoms with Crippen LogP contribution in [-0.4, -0.2) is 17.0 Å². The van der Waals surface area contributed by atoms with E-state index in [4.69, 9.17) is 0 Å². The molecule has 1 heterocycles. The second-order valence-corrected chi connectivity index (χ2v) is 3.35. The van der Waals surface area contributed by atoms with Gasteiger partial charge in [0, 0.05) is 25.2 Å². The molecule has 13 heavy (non-hydrogen) atoms. The van der Waals surface area contributed by atoms with E-state index in [0.717, 1.165) is 23.8 Å². The van der Waals surface area contributed by atoms with Crippen LogP contribution in [0.3, 0.4) is 0 Å². The molecule has 0 saturated heterocycles. The predicted octanol–water partition coefficient (Wildman–Crippen LogP) is 2.20. The highest BCUT2D eigenvalue weighted by Gasteiger charge is 2.05. The Kier molecular flexibility index (Phi) is 3.23. The number of anilines is 1. The zero-order valence-corrected chi connectivity index (χ0v) is 8.76. The lowest BCUT2D eigenvalue weighted by Gasteiger charge is -2.08. The summed E-state index contributed by atoms with van der Waals surface area (Å²) in [5.41, 5.74) is 1.11. The van der Waals surface area contributed by atoms with Crippen LogP contribution in [0.5, 0.6) is 0 Å². The molecule has 0 saturated carbocycles. The fourth-order valence-electron chi connectivity index (χ4n) is 1.10. The SMILES string of the molecule is CCc1nc(NC)cc(C(C)C)n1. The Morgan fingerprint density at radius 3 is 2.54 bits per heavy atom. The zero-order valence-electron chi connectivity index (χ0n) is 8.76. The first-order valence-corrected chi connectivity index (χ1v) is 4.73. The first kappa shape index (κ1) is 9.96. The minimum atomic E-state index is 0.459. The monoisotopic (exact) mass is 179 g/mol. The summed E-state index contributed by atoms with van der Waals surface area (Å²) < 4.78 is 0. The van der Waals surface area contributed by atoms with E-state index in [1.807, 2.05) is 13.1 Å². The van der Waals surface area contributed by atoms with Gasteiger partial charge in [-0.2, -0.15) is 0 Å².